The molecule has 0 amide bonds. The van der Waals surface area contributed by atoms with E-state index >= 15 is 0 Å². The quantitative estimate of drug-likeness (QED) is 0.715. The Morgan fingerprint density at radius 3 is 2.89 bits per heavy atom. The number of hydrogen-bond acceptors (Lipinski definition) is 5. The lowest BCUT2D eigenvalue weighted by molar-refractivity contribution is -0.0657. The van der Waals surface area contributed by atoms with Crippen LogP contribution in [-0.2, 0) is 16.1 Å². The van der Waals surface area contributed by atoms with Crippen molar-refractivity contribution in [3.63, 3.8) is 0 Å². The van der Waals surface area contributed by atoms with Gasteiger partial charge >= 0.3 is 0 Å². The van der Waals surface area contributed by atoms with E-state index in [1.165, 1.54) is 6.07 Å². The Morgan fingerprint density at radius 2 is 2.07 bits per heavy atom. The summed E-state index contributed by atoms with van der Waals surface area (Å²) < 4.78 is 30.7. The molecule has 1 N–H and O–H groups in total. The number of rotatable bonds is 9. The molecular weight excluding hydrogens is 361 g/mol. The van der Waals surface area contributed by atoms with Crippen LogP contribution in [0.2, 0.25) is 0 Å². The van der Waals surface area contributed by atoms with Crippen LogP contribution >= 0.6 is 0 Å². The van der Waals surface area contributed by atoms with E-state index in [2.05, 4.69) is 4.90 Å². The Morgan fingerprint density at radius 1 is 1.25 bits per heavy atom. The third-order valence-corrected chi connectivity index (χ3v) is 4.63. The number of aryl methyl sites for hydroxylation is 1. The number of aliphatic hydroxyl groups is 1. The number of ether oxygens (including phenoxy) is 3. The molecule has 28 heavy (non-hydrogen) atoms. The summed E-state index contributed by atoms with van der Waals surface area (Å²) in [6, 6.07) is 14.7. The number of benzene rings is 2. The van der Waals surface area contributed by atoms with Crippen molar-refractivity contribution in [2.75, 3.05) is 39.5 Å². The van der Waals surface area contributed by atoms with E-state index < -0.39 is 6.10 Å². The maximum Gasteiger partial charge on any atom is 0.165 e. The second kappa shape index (κ2) is 10.5. The maximum absolute atomic E-state index is 13.8. The summed E-state index contributed by atoms with van der Waals surface area (Å²) in [7, 11) is 0. The highest BCUT2D eigenvalue weighted by molar-refractivity contribution is 5.29. The van der Waals surface area contributed by atoms with Crippen LogP contribution < -0.4 is 4.74 Å². The number of β-amino-alcohol motifs (C(OH)–C–C–N with tert-alkyl or cyclic N) is 1. The Balaban J connectivity index is 1.38. The van der Waals surface area contributed by atoms with Crippen LogP contribution in [0.5, 0.6) is 5.75 Å². The number of aliphatic hydroxyl groups excluding tert-OH is 1. The summed E-state index contributed by atoms with van der Waals surface area (Å²) in [6.45, 7) is 5.37. The molecule has 2 aromatic carbocycles. The first-order chi connectivity index (χ1) is 13.6. The lowest BCUT2D eigenvalue weighted by Crippen LogP contribution is -2.48. The molecule has 1 heterocycles. The number of nitrogens with zero attached hydrogens (tertiary/aromatic N) is 1. The third-order valence-electron chi connectivity index (χ3n) is 4.63. The van der Waals surface area contributed by atoms with Crippen molar-refractivity contribution in [3.8, 4) is 5.75 Å². The second-order valence-corrected chi connectivity index (χ2v) is 7.15. The zero-order valence-corrected chi connectivity index (χ0v) is 16.2. The molecule has 0 radical (unpaired) electrons. The first kappa shape index (κ1) is 20.7. The smallest absolute Gasteiger partial charge is 0.165 e. The van der Waals surface area contributed by atoms with E-state index in [1.807, 2.05) is 37.3 Å². The van der Waals surface area contributed by atoms with Gasteiger partial charge in [-0.15, -0.1) is 0 Å². The van der Waals surface area contributed by atoms with E-state index in [1.54, 1.807) is 12.1 Å². The first-order valence-corrected chi connectivity index (χ1v) is 9.63. The number of halogens is 1. The van der Waals surface area contributed by atoms with Gasteiger partial charge in [-0.25, -0.2) is 4.39 Å². The van der Waals surface area contributed by atoms with Crippen molar-refractivity contribution in [3.05, 3.63) is 65.5 Å². The van der Waals surface area contributed by atoms with Gasteiger partial charge in [0.2, 0.25) is 0 Å². The molecule has 152 valence electrons. The van der Waals surface area contributed by atoms with Gasteiger partial charge in [0.25, 0.3) is 0 Å². The van der Waals surface area contributed by atoms with Crippen LogP contribution in [0.15, 0.2) is 48.5 Å². The summed E-state index contributed by atoms with van der Waals surface area (Å²) in [5.41, 5.74) is 2.03. The van der Waals surface area contributed by atoms with Crippen LogP contribution in [-0.4, -0.2) is 61.7 Å². The van der Waals surface area contributed by atoms with Gasteiger partial charge in [0, 0.05) is 19.6 Å². The largest absolute Gasteiger partial charge is 0.488 e. The van der Waals surface area contributed by atoms with Crippen LogP contribution in [0.3, 0.4) is 0 Å². The molecule has 0 bridgehead atoms. The molecule has 1 saturated heterocycles. The van der Waals surface area contributed by atoms with E-state index in [-0.39, 0.29) is 30.9 Å². The Kier molecular flexibility index (Phi) is 7.80. The van der Waals surface area contributed by atoms with Crippen molar-refractivity contribution in [1.29, 1.82) is 0 Å². The minimum Gasteiger partial charge on any atom is -0.488 e. The van der Waals surface area contributed by atoms with Crippen molar-refractivity contribution >= 4 is 0 Å². The molecule has 3 rings (SSSR count). The molecule has 0 aliphatic carbocycles. The molecule has 5 nitrogen and oxygen atoms in total. The molecule has 2 aromatic rings. The van der Waals surface area contributed by atoms with Gasteiger partial charge in [-0.1, -0.05) is 36.4 Å². The van der Waals surface area contributed by atoms with E-state index in [0.717, 1.165) is 17.7 Å². The molecule has 1 aliphatic heterocycles. The van der Waals surface area contributed by atoms with Gasteiger partial charge in [0.1, 0.15) is 12.7 Å². The monoisotopic (exact) mass is 389 g/mol. The molecule has 1 aliphatic rings. The Hall–Kier alpha value is -1.99. The molecular formula is C22H28FNO4. The fourth-order valence-corrected chi connectivity index (χ4v) is 3.19. The zero-order valence-electron chi connectivity index (χ0n) is 16.2. The lowest BCUT2D eigenvalue weighted by Gasteiger charge is -2.33. The second-order valence-electron chi connectivity index (χ2n) is 7.15. The topological polar surface area (TPSA) is 51.2 Å². The fraction of sp³-hybridized carbons (Fsp3) is 0.455. The van der Waals surface area contributed by atoms with Crippen molar-refractivity contribution in [1.82, 2.24) is 4.90 Å². The predicted molar refractivity (Wildman–Crippen MR) is 105 cm³/mol. The summed E-state index contributed by atoms with van der Waals surface area (Å²) >= 11 is 0. The highest BCUT2D eigenvalue weighted by atomic mass is 19.1. The maximum atomic E-state index is 13.8. The summed E-state index contributed by atoms with van der Waals surface area (Å²) in [4.78, 5) is 2.13. The highest BCUT2D eigenvalue weighted by Crippen LogP contribution is 2.19. The van der Waals surface area contributed by atoms with E-state index in [9.17, 15) is 9.50 Å². The van der Waals surface area contributed by atoms with Gasteiger partial charge < -0.3 is 19.3 Å². The Labute approximate surface area is 165 Å². The average Bonchev–Trinajstić information content (AvgIpc) is 2.70. The minimum atomic E-state index is -0.572. The number of morpholine rings is 1. The summed E-state index contributed by atoms with van der Waals surface area (Å²) in [6.07, 6.45) is -0.733. The molecule has 1 fully saturated rings. The van der Waals surface area contributed by atoms with Gasteiger partial charge in [-0.05, 0) is 30.2 Å². The molecule has 0 spiro atoms. The Bertz CT molecular complexity index is 728. The zero-order chi connectivity index (χ0) is 19.8. The normalized spacial score (nSPS) is 18.8. The molecule has 6 heteroatoms. The predicted octanol–water partition coefficient (Wildman–Crippen LogP) is 2.79. The van der Waals surface area contributed by atoms with Crippen molar-refractivity contribution in [2.45, 2.75) is 25.7 Å². The number of hydrogen-bond donors (Lipinski definition) is 1. The minimum absolute atomic E-state index is 0.161. The van der Waals surface area contributed by atoms with Gasteiger partial charge in [0.15, 0.2) is 11.6 Å². The van der Waals surface area contributed by atoms with Gasteiger partial charge in [-0.3, -0.25) is 4.90 Å². The summed E-state index contributed by atoms with van der Waals surface area (Å²) in [5, 5.41) is 10.3. The van der Waals surface area contributed by atoms with Gasteiger partial charge in [0.05, 0.1) is 25.9 Å². The SMILES string of the molecule is Cc1ccc(F)c(OCC2CN(CC(O)COCc3ccccc3)CCO2)c1. The standard InChI is InChI=1S/C22H28FNO4/c1-17-7-8-21(23)22(11-17)28-16-20-13-24(9-10-27-20)12-19(25)15-26-14-18-5-3-2-4-6-18/h2-8,11,19-20,25H,9-10,12-16H2,1H3. The fourth-order valence-electron chi connectivity index (χ4n) is 3.19. The van der Waals surface area contributed by atoms with Crippen LogP contribution in [0, 0.1) is 12.7 Å². The summed E-state index contributed by atoms with van der Waals surface area (Å²) in [5.74, 6) is -0.126. The average molecular weight is 389 g/mol. The molecule has 2 atom stereocenters. The van der Waals surface area contributed by atoms with Crippen LogP contribution in [0.25, 0.3) is 0 Å². The van der Waals surface area contributed by atoms with E-state index in [0.29, 0.717) is 26.3 Å². The molecule has 0 aromatic heterocycles. The first-order valence-electron chi connectivity index (χ1n) is 9.63. The van der Waals surface area contributed by atoms with Crippen LogP contribution in [0.4, 0.5) is 4.39 Å². The van der Waals surface area contributed by atoms with Crippen molar-refractivity contribution < 1.29 is 23.7 Å². The molecule has 0 saturated carbocycles. The molecule has 2 unspecified atom stereocenters. The van der Waals surface area contributed by atoms with E-state index in [4.69, 9.17) is 14.2 Å². The lowest BCUT2D eigenvalue weighted by atomic mass is 10.2. The third kappa shape index (κ3) is 6.56. The van der Waals surface area contributed by atoms with Gasteiger partial charge in [-0.2, -0.15) is 0 Å². The van der Waals surface area contributed by atoms with Crippen molar-refractivity contribution in [2.24, 2.45) is 0 Å². The highest BCUT2D eigenvalue weighted by Gasteiger charge is 2.23. The van der Waals surface area contributed by atoms with Crippen LogP contribution in [0.1, 0.15) is 11.1 Å².